The number of amides is 1. The predicted molar refractivity (Wildman–Crippen MR) is 120 cm³/mol. The van der Waals surface area contributed by atoms with Crippen molar-refractivity contribution in [3.8, 4) is 0 Å². The highest BCUT2D eigenvalue weighted by atomic mass is 16.3. The van der Waals surface area contributed by atoms with Crippen molar-refractivity contribution in [3.05, 3.63) is 107 Å². The van der Waals surface area contributed by atoms with Gasteiger partial charge in [0.25, 0.3) is 5.91 Å². The maximum absolute atomic E-state index is 13.3. The molecule has 5 nitrogen and oxygen atoms in total. The van der Waals surface area contributed by atoms with Crippen LogP contribution in [0.2, 0.25) is 0 Å². The van der Waals surface area contributed by atoms with Gasteiger partial charge >= 0.3 is 0 Å². The van der Waals surface area contributed by atoms with E-state index in [-0.39, 0.29) is 17.8 Å². The number of hydrogen-bond acceptors (Lipinski definition) is 4. The van der Waals surface area contributed by atoms with E-state index in [1.807, 2.05) is 68.4 Å². The molecule has 2 aromatic carbocycles. The van der Waals surface area contributed by atoms with Crippen LogP contribution >= 0.6 is 0 Å². The SMILES string of the molecule is Cc1ccc(C)c(N2C(=O)C(O)=C(C(=O)CCc3ccccc3)C2c2cccnc2)c1. The summed E-state index contributed by atoms with van der Waals surface area (Å²) in [5.41, 5.74) is 4.40. The highest BCUT2D eigenvalue weighted by molar-refractivity contribution is 6.16. The first-order valence-electron chi connectivity index (χ1n) is 10.3. The Labute approximate surface area is 181 Å². The van der Waals surface area contributed by atoms with E-state index in [2.05, 4.69) is 4.98 Å². The Hall–Kier alpha value is -3.73. The number of carbonyl (C=O) groups is 2. The first kappa shape index (κ1) is 20.5. The second-order valence-corrected chi connectivity index (χ2v) is 7.83. The van der Waals surface area contributed by atoms with Crippen LogP contribution in [0.3, 0.4) is 0 Å². The van der Waals surface area contributed by atoms with Crippen LogP contribution < -0.4 is 4.90 Å². The number of aryl methyl sites for hydroxylation is 3. The summed E-state index contributed by atoms with van der Waals surface area (Å²) in [5.74, 6) is -1.28. The van der Waals surface area contributed by atoms with E-state index in [1.54, 1.807) is 18.5 Å². The van der Waals surface area contributed by atoms with Gasteiger partial charge in [0, 0.05) is 24.5 Å². The lowest BCUT2D eigenvalue weighted by Gasteiger charge is -2.28. The maximum atomic E-state index is 13.3. The number of nitrogens with zero attached hydrogens (tertiary/aromatic N) is 2. The average Bonchev–Trinajstić information content (AvgIpc) is 3.06. The predicted octanol–water partition coefficient (Wildman–Crippen LogP) is 4.80. The van der Waals surface area contributed by atoms with Crippen LogP contribution in [0, 0.1) is 13.8 Å². The molecule has 0 saturated heterocycles. The van der Waals surface area contributed by atoms with Gasteiger partial charge in [-0.2, -0.15) is 0 Å². The van der Waals surface area contributed by atoms with Crippen molar-refractivity contribution >= 4 is 17.4 Å². The molecular weight excluding hydrogens is 388 g/mol. The molecule has 0 radical (unpaired) electrons. The molecule has 1 aliphatic heterocycles. The van der Waals surface area contributed by atoms with E-state index in [4.69, 9.17) is 0 Å². The Morgan fingerprint density at radius 2 is 1.84 bits per heavy atom. The number of rotatable bonds is 6. The summed E-state index contributed by atoms with van der Waals surface area (Å²) in [7, 11) is 0. The Kier molecular flexibility index (Phi) is 5.67. The van der Waals surface area contributed by atoms with Crippen molar-refractivity contribution in [2.45, 2.75) is 32.7 Å². The van der Waals surface area contributed by atoms with Gasteiger partial charge in [-0.05, 0) is 54.7 Å². The van der Waals surface area contributed by atoms with Gasteiger partial charge in [0.1, 0.15) is 0 Å². The highest BCUT2D eigenvalue weighted by Crippen LogP contribution is 2.42. The van der Waals surface area contributed by atoms with E-state index in [0.717, 1.165) is 16.7 Å². The highest BCUT2D eigenvalue weighted by Gasteiger charge is 2.44. The Bertz CT molecular complexity index is 1150. The van der Waals surface area contributed by atoms with E-state index < -0.39 is 17.7 Å². The molecule has 1 aliphatic rings. The molecule has 1 unspecified atom stereocenters. The summed E-state index contributed by atoms with van der Waals surface area (Å²) in [5, 5.41) is 10.8. The molecule has 1 amide bonds. The molecule has 31 heavy (non-hydrogen) atoms. The molecule has 3 aromatic rings. The topological polar surface area (TPSA) is 70.5 Å². The number of carbonyl (C=O) groups excluding carboxylic acids is 2. The van der Waals surface area contributed by atoms with E-state index in [1.165, 1.54) is 4.90 Å². The fourth-order valence-corrected chi connectivity index (χ4v) is 4.01. The third kappa shape index (κ3) is 3.99. The van der Waals surface area contributed by atoms with Gasteiger partial charge in [-0.25, -0.2) is 0 Å². The summed E-state index contributed by atoms with van der Waals surface area (Å²) in [6.07, 6.45) is 4.02. The minimum absolute atomic E-state index is 0.134. The molecule has 1 atom stereocenters. The summed E-state index contributed by atoms with van der Waals surface area (Å²) in [6.45, 7) is 3.86. The standard InChI is InChI=1S/C26H24N2O3/c1-17-10-11-18(2)21(15-17)28-24(20-9-6-14-27-16-20)23(25(30)26(28)31)22(29)13-12-19-7-4-3-5-8-19/h3-11,14-16,24,30H,12-13H2,1-2H3. The van der Waals surface area contributed by atoms with Crippen LogP contribution in [0.5, 0.6) is 0 Å². The number of ketones is 1. The van der Waals surface area contributed by atoms with E-state index >= 15 is 0 Å². The first-order valence-corrected chi connectivity index (χ1v) is 10.3. The summed E-state index contributed by atoms with van der Waals surface area (Å²) >= 11 is 0. The molecule has 1 aromatic heterocycles. The van der Waals surface area contributed by atoms with Crippen LogP contribution in [0.4, 0.5) is 5.69 Å². The largest absolute Gasteiger partial charge is 0.503 e. The number of anilines is 1. The van der Waals surface area contributed by atoms with Gasteiger partial charge in [0.2, 0.25) is 0 Å². The van der Waals surface area contributed by atoms with Crippen molar-refractivity contribution in [1.29, 1.82) is 0 Å². The summed E-state index contributed by atoms with van der Waals surface area (Å²) in [4.78, 5) is 32.2. The molecule has 0 saturated carbocycles. The molecule has 0 aliphatic carbocycles. The second-order valence-electron chi connectivity index (χ2n) is 7.83. The Morgan fingerprint density at radius 1 is 1.06 bits per heavy atom. The van der Waals surface area contributed by atoms with E-state index in [0.29, 0.717) is 17.7 Å². The van der Waals surface area contributed by atoms with Gasteiger partial charge in [-0.1, -0.05) is 48.5 Å². The van der Waals surface area contributed by atoms with Crippen molar-refractivity contribution in [1.82, 2.24) is 4.98 Å². The Balaban J connectivity index is 1.75. The van der Waals surface area contributed by atoms with Crippen molar-refractivity contribution in [2.75, 3.05) is 4.90 Å². The number of hydrogen-bond donors (Lipinski definition) is 1. The molecule has 0 bridgehead atoms. The van der Waals surface area contributed by atoms with Gasteiger partial charge in [0.15, 0.2) is 11.5 Å². The quantitative estimate of drug-likeness (QED) is 0.631. The first-order chi connectivity index (χ1) is 15.0. The summed E-state index contributed by atoms with van der Waals surface area (Å²) < 4.78 is 0. The number of pyridine rings is 1. The lowest BCUT2D eigenvalue weighted by molar-refractivity contribution is -0.118. The zero-order valence-corrected chi connectivity index (χ0v) is 17.6. The van der Waals surface area contributed by atoms with Crippen LogP contribution in [0.1, 0.15) is 34.7 Å². The fraction of sp³-hybridized carbons (Fsp3) is 0.192. The molecule has 0 spiro atoms. The van der Waals surface area contributed by atoms with Gasteiger partial charge in [-0.15, -0.1) is 0 Å². The number of Topliss-reactive ketones (excluding diaryl/α,β-unsaturated/α-hetero) is 1. The minimum Gasteiger partial charge on any atom is -0.503 e. The van der Waals surface area contributed by atoms with Crippen LogP contribution in [-0.4, -0.2) is 21.8 Å². The van der Waals surface area contributed by atoms with Crippen molar-refractivity contribution < 1.29 is 14.7 Å². The minimum atomic E-state index is -0.718. The molecule has 2 heterocycles. The lowest BCUT2D eigenvalue weighted by Crippen LogP contribution is -2.31. The normalized spacial score (nSPS) is 16.1. The second kappa shape index (κ2) is 8.56. The summed E-state index contributed by atoms with van der Waals surface area (Å²) in [6, 6.07) is 18.4. The van der Waals surface area contributed by atoms with Crippen LogP contribution in [-0.2, 0) is 16.0 Å². The molecule has 4 rings (SSSR count). The molecule has 0 fully saturated rings. The third-order valence-corrected chi connectivity index (χ3v) is 5.62. The molecule has 1 N–H and O–H groups in total. The van der Waals surface area contributed by atoms with E-state index in [9.17, 15) is 14.7 Å². The molecular formula is C26H24N2O3. The number of aromatic nitrogens is 1. The maximum Gasteiger partial charge on any atom is 0.294 e. The molecule has 5 heteroatoms. The fourth-order valence-electron chi connectivity index (χ4n) is 4.01. The Morgan fingerprint density at radius 3 is 2.55 bits per heavy atom. The monoisotopic (exact) mass is 412 g/mol. The zero-order chi connectivity index (χ0) is 22.0. The van der Waals surface area contributed by atoms with Crippen LogP contribution in [0.25, 0.3) is 0 Å². The third-order valence-electron chi connectivity index (χ3n) is 5.62. The number of aliphatic hydroxyl groups is 1. The molecule has 156 valence electrons. The lowest BCUT2D eigenvalue weighted by atomic mass is 9.93. The average molecular weight is 412 g/mol. The van der Waals surface area contributed by atoms with Gasteiger partial charge < -0.3 is 5.11 Å². The zero-order valence-electron chi connectivity index (χ0n) is 17.6. The smallest absolute Gasteiger partial charge is 0.294 e. The van der Waals surface area contributed by atoms with Gasteiger partial charge in [-0.3, -0.25) is 19.5 Å². The van der Waals surface area contributed by atoms with Crippen LogP contribution in [0.15, 0.2) is 84.4 Å². The van der Waals surface area contributed by atoms with Gasteiger partial charge in [0.05, 0.1) is 11.6 Å². The number of benzene rings is 2. The number of aliphatic hydroxyl groups excluding tert-OH is 1. The van der Waals surface area contributed by atoms with Crippen molar-refractivity contribution in [3.63, 3.8) is 0 Å². The van der Waals surface area contributed by atoms with Crippen molar-refractivity contribution in [2.24, 2.45) is 0 Å².